The number of nitrogens with zero attached hydrogens (tertiary/aromatic N) is 5. The van der Waals surface area contributed by atoms with Crippen LogP contribution in [0.3, 0.4) is 0 Å². The Hall–Kier alpha value is -2.90. The lowest BCUT2D eigenvalue weighted by Crippen LogP contribution is -2.58. The maximum atomic E-state index is 12.8. The van der Waals surface area contributed by atoms with Gasteiger partial charge in [0.1, 0.15) is 11.7 Å². The van der Waals surface area contributed by atoms with Gasteiger partial charge in [0.25, 0.3) is 0 Å². The quantitative estimate of drug-likeness (QED) is 0.734. The Morgan fingerprint density at radius 1 is 1.07 bits per heavy atom. The summed E-state index contributed by atoms with van der Waals surface area (Å²) in [4.78, 5) is 46.9. The zero-order valence-electron chi connectivity index (χ0n) is 17.0. The third kappa shape index (κ3) is 3.97. The summed E-state index contributed by atoms with van der Waals surface area (Å²) in [5, 5.41) is 0. The second-order valence-corrected chi connectivity index (χ2v) is 8.00. The summed E-state index contributed by atoms with van der Waals surface area (Å²) < 4.78 is 1.94. The van der Waals surface area contributed by atoms with E-state index in [9.17, 15) is 14.4 Å². The first-order valence-electron chi connectivity index (χ1n) is 10.2. The lowest BCUT2D eigenvalue weighted by Gasteiger charge is -2.38. The fraction of sp³-hybridized carbons (Fsp3) is 0.524. The minimum absolute atomic E-state index is 0.0445. The second-order valence-electron chi connectivity index (χ2n) is 8.00. The highest BCUT2D eigenvalue weighted by Gasteiger charge is 2.36. The topological polar surface area (TPSA) is 78.2 Å². The van der Waals surface area contributed by atoms with Crippen molar-refractivity contribution in [1.82, 2.24) is 24.1 Å². The van der Waals surface area contributed by atoms with Crippen LogP contribution in [-0.4, -0.2) is 74.0 Å². The standard InChI is InChI=1S/C21H27N5O3/c1-15-6-7-18-22-17(12-25(18)11-15)13-26-16(2)21(29)24(14-20(26)28)10-4-9-23-8-3-5-19(23)27/h6-7,11-12,16H,3-5,8-10,13-14H2,1-2H3/t16-/m0/s1. The van der Waals surface area contributed by atoms with Gasteiger partial charge < -0.3 is 19.1 Å². The summed E-state index contributed by atoms with van der Waals surface area (Å²) in [7, 11) is 0. The number of hydrogen-bond acceptors (Lipinski definition) is 4. The van der Waals surface area contributed by atoms with Crippen LogP contribution in [0.2, 0.25) is 0 Å². The Morgan fingerprint density at radius 3 is 2.62 bits per heavy atom. The van der Waals surface area contributed by atoms with Gasteiger partial charge >= 0.3 is 0 Å². The van der Waals surface area contributed by atoms with Crippen molar-refractivity contribution in [2.24, 2.45) is 0 Å². The molecule has 0 spiro atoms. The number of hydrogen-bond donors (Lipinski definition) is 0. The van der Waals surface area contributed by atoms with E-state index in [2.05, 4.69) is 4.98 Å². The molecule has 0 N–H and O–H groups in total. The van der Waals surface area contributed by atoms with Gasteiger partial charge in [-0.3, -0.25) is 14.4 Å². The molecule has 0 unspecified atom stereocenters. The van der Waals surface area contributed by atoms with Gasteiger partial charge in [0, 0.05) is 38.4 Å². The monoisotopic (exact) mass is 397 g/mol. The molecular formula is C21H27N5O3. The van der Waals surface area contributed by atoms with Gasteiger partial charge in [-0.1, -0.05) is 6.07 Å². The minimum atomic E-state index is -0.517. The number of fused-ring (bicyclic) bond motifs is 1. The fourth-order valence-corrected chi connectivity index (χ4v) is 4.16. The third-order valence-corrected chi connectivity index (χ3v) is 5.79. The maximum absolute atomic E-state index is 12.8. The van der Waals surface area contributed by atoms with Crippen LogP contribution >= 0.6 is 0 Å². The molecule has 4 heterocycles. The normalized spacial score (nSPS) is 20.4. The number of rotatable bonds is 6. The number of aryl methyl sites for hydroxylation is 1. The van der Waals surface area contributed by atoms with Crippen LogP contribution in [0.25, 0.3) is 5.65 Å². The molecule has 8 heteroatoms. The van der Waals surface area contributed by atoms with Crippen LogP contribution in [0.5, 0.6) is 0 Å². The Kier molecular flexibility index (Phi) is 5.25. The van der Waals surface area contributed by atoms with E-state index in [1.54, 1.807) is 16.7 Å². The first kappa shape index (κ1) is 19.4. The molecule has 8 nitrogen and oxygen atoms in total. The van der Waals surface area contributed by atoms with Crippen LogP contribution in [0.15, 0.2) is 24.5 Å². The van der Waals surface area contributed by atoms with Gasteiger partial charge in [0.05, 0.1) is 18.8 Å². The average molecular weight is 397 g/mol. The summed E-state index contributed by atoms with van der Waals surface area (Å²) >= 11 is 0. The molecule has 4 rings (SSSR count). The van der Waals surface area contributed by atoms with E-state index in [-0.39, 0.29) is 24.3 Å². The number of imidazole rings is 1. The molecule has 2 fully saturated rings. The van der Waals surface area contributed by atoms with Crippen molar-refractivity contribution in [3.63, 3.8) is 0 Å². The lowest BCUT2D eigenvalue weighted by atomic mass is 10.1. The fourth-order valence-electron chi connectivity index (χ4n) is 4.16. The van der Waals surface area contributed by atoms with Crippen LogP contribution in [-0.2, 0) is 20.9 Å². The highest BCUT2D eigenvalue weighted by atomic mass is 16.2. The van der Waals surface area contributed by atoms with Crippen molar-refractivity contribution < 1.29 is 14.4 Å². The maximum Gasteiger partial charge on any atom is 0.245 e. The highest BCUT2D eigenvalue weighted by molar-refractivity contribution is 5.94. The Balaban J connectivity index is 1.37. The molecular weight excluding hydrogens is 370 g/mol. The van der Waals surface area contributed by atoms with E-state index < -0.39 is 6.04 Å². The van der Waals surface area contributed by atoms with Crippen molar-refractivity contribution >= 4 is 23.4 Å². The molecule has 2 aliphatic heterocycles. The Morgan fingerprint density at radius 2 is 1.86 bits per heavy atom. The molecule has 29 heavy (non-hydrogen) atoms. The predicted octanol–water partition coefficient (Wildman–Crippen LogP) is 1.21. The number of piperazine rings is 1. The smallest absolute Gasteiger partial charge is 0.245 e. The number of likely N-dealkylation sites (tertiary alicyclic amines) is 1. The molecule has 0 saturated carbocycles. The molecule has 0 radical (unpaired) electrons. The van der Waals surface area contributed by atoms with E-state index in [0.29, 0.717) is 32.5 Å². The van der Waals surface area contributed by atoms with Crippen LogP contribution in [0.1, 0.15) is 37.4 Å². The number of aromatic nitrogens is 2. The molecule has 1 atom stereocenters. The molecule has 3 amide bonds. The van der Waals surface area contributed by atoms with Crippen LogP contribution in [0.4, 0.5) is 0 Å². The third-order valence-electron chi connectivity index (χ3n) is 5.79. The summed E-state index contributed by atoms with van der Waals surface area (Å²) in [6.45, 7) is 6.15. The van der Waals surface area contributed by atoms with Crippen molar-refractivity contribution in [1.29, 1.82) is 0 Å². The van der Waals surface area contributed by atoms with Crippen molar-refractivity contribution in [2.45, 2.75) is 45.7 Å². The zero-order chi connectivity index (χ0) is 20.5. The Labute approximate surface area is 170 Å². The molecule has 2 aromatic heterocycles. The van der Waals surface area contributed by atoms with E-state index in [1.807, 2.05) is 40.8 Å². The second kappa shape index (κ2) is 7.85. The molecule has 0 aromatic carbocycles. The number of carbonyl (C=O) groups is 3. The lowest BCUT2D eigenvalue weighted by molar-refractivity contribution is -0.155. The SMILES string of the molecule is Cc1ccc2nc(CN3C(=O)CN(CCCN4CCCC4=O)C(=O)[C@@H]3C)cn2c1. The Bertz CT molecular complexity index is 953. The van der Waals surface area contributed by atoms with E-state index in [0.717, 1.165) is 29.9 Å². The van der Waals surface area contributed by atoms with Gasteiger partial charge in [-0.15, -0.1) is 0 Å². The summed E-state index contributed by atoms with van der Waals surface area (Å²) in [6.07, 6.45) is 6.13. The van der Waals surface area contributed by atoms with Crippen LogP contribution in [0, 0.1) is 6.92 Å². The summed E-state index contributed by atoms with van der Waals surface area (Å²) in [5.74, 6) is 0.0766. The zero-order valence-corrected chi connectivity index (χ0v) is 17.0. The highest BCUT2D eigenvalue weighted by Crippen LogP contribution is 2.18. The van der Waals surface area contributed by atoms with Gasteiger partial charge in [0.2, 0.25) is 17.7 Å². The molecule has 2 saturated heterocycles. The molecule has 0 bridgehead atoms. The van der Waals surface area contributed by atoms with E-state index in [1.165, 1.54) is 0 Å². The molecule has 154 valence electrons. The first-order valence-corrected chi connectivity index (χ1v) is 10.2. The van der Waals surface area contributed by atoms with Crippen molar-refractivity contribution in [3.05, 3.63) is 35.8 Å². The molecule has 0 aliphatic carbocycles. The predicted molar refractivity (Wildman–Crippen MR) is 107 cm³/mol. The summed E-state index contributed by atoms with van der Waals surface area (Å²) in [6, 6.07) is 3.42. The largest absolute Gasteiger partial charge is 0.343 e. The van der Waals surface area contributed by atoms with Gasteiger partial charge in [-0.2, -0.15) is 0 Å². The first-order chi connectivity index (χ1) is 13.9. The van der Waals surface area contributed by atoms with Gasteiger partial charge in [-0.05, 0) is 38.3 Å². The molecule has 2 aliphatic rings. The number of carbonyl (C=O) groups excluding carboxylic acids is 3. The van der Waals surface area contributed by atoms with Crippen molar-refractivity contribution in [2.75, 3.05) is 26.2 Å². The number of pyridine rings is 1. The summed E-state index contributed by atoms with van der Waals surface area (Å²) in [5.41, 5.74) is 2.72. The average Bonchev–Trinajstić information content (AvgIpc) is 3.28. The van der Waals surface area contributed by atoms with Crippen molar-refractivity contribution in [3.8, 4) is 0 Å². The van der Waals surface area contributed by atoms with E-state index in [4.69, 9.17) is 0 Å². The minimum Gasteiger partial charge on any atom is -0.343 e. The van der Waals surface area contributed by atoms with E-state index >= 15 is 0 Å². The molecule has 2 aromatic rings. The van der Waals surface area contributed by atoms with Gasteiger partial charge in [-0.25, -0.2) is 4.98 Å². The van der Waals surface area contributed by atoms with Gasteiger partial charge in [0.15, 0.2) is 0 Å². The number of amides is 3. The van der Waals surface area contributed by atoms with Crippen LogP contribution < -0.4 is 0 Å².